The Labute approximate surface area is 188 Å². The van der Waals surface area contributed by atoms with Crippen molar-refractivity contribution < 1.29 is 24.2 Å². The first-order chi connectivity index (χ1) is 15.6. The van der Waals surface area contributed by atoms with Crippen LogP contribution in [0.5, 0.6) is 11.5 Å². The highest BCUT2D eigenvalue weighted by Crippen LogP contribution is 2.28. The largest absolute Gasteiger partial charge is 0.493 e. The van der Waals surface area contributed by atoms with E-state index in [1.54, 1.807) is 18.2 Å². The molecule has 0 unspecified atom stereocenters. The lowest BCUT2D eigenvalue weighted by molar-refractivity contribution is -0.136. The van der Waals surface area contributed by atoms with E-state index in [-0.39, 0.29) is 19.6 Å². The number of rotatable bonds is 11. The van der Waals surface area contributed by atoms with Crippen molar-refractivity contribution in [3.63, 3.8) is 0 Å². The van der Waals surface area contributed by atoms with E-state index >= 15 is 0 Å². The van der Waals surface area contributed by atoms with Crippen molar-refractivity contribution in [1.29, 1.82) is 0 Å². The number of carboxylic acids is 1. The van der Waals surface area contributed by atoms with Crippen molar-refractivity contribution in [3.8, 4) is 22.6 Å². The molecule has 3 aromatic carbocycles. The van der Waals surface area contributed by atoms with Crippen molar-refractivity contribution in [3.05, 3.63) is 83.9 Å². The molecule has 0 saturated carbocycles. The summed E-state index contributed by atoms with van der Waals surface area (Å²) in [5.41, 5.74) is 4.82. The SMILES string of the molecule is CC/C(=N\OCCOc1cc(CC(=O)O)ccc1OC)c1ccc(-c2ccccc2)cc1. The second kappa shape index (κ2) is 11.6. The summed E-state index contributed by atoms with van der Waals surface area (Å²) in [4.78, 5) is 16.4. The van der Waals surface area contributed by atoms with Gasteiger partial charge in [-0.15, -0.1) is 0 Å². The Hall–Kier alpha value is -3.80. The van der Waals surface area contributed by atoms with Gasteiger partial charge in [-0.05, 0) is 40.8 Å². The number of nitrogens with zero attached hydrogens (tertiary/aromatic N) is 1. The van der Waals surface area contributed by atoms with E-state index in [1.807, 2.05) is 37.3 Å². The summed E-state index contributed by atoms with van der Waals surface area (Å²) in [6.45, 7) is 2.53. The van der Waals surface area contributed by atoms with Gasteiger partial charge in [-0.25, -0.2) is 0 Å². The normalized spacial score (nSPS) is 11.1. The van der Waals surface area contributed by atoms with Gasteiger partial charge in [-0.1, -0.05) is 72.7 Å². The standard InChI is InChI=1S/C26H27NO5/c1-3-23(22-12-10-21(11-13-22)20-7-5-4-6-8-20)27-32-16-15-31-25-17-19(18-26(28)29)9-14-24(25)30-2/h4-14,17H,3,15-16,18H2,1-2H3,(H,28,29)/b27-23+. The molecule has 0 fully saturated rings. The van der Waals surface area contributed by atoms with Crippen LogP contribution in [-0.4, -0.2) is 37.1 Å². The van der Waals surface area contributed by atoms with Crippen LogP contribution in [0, 0.1) is 0 Å². The topological polar surface area (TPSA) is 77.4 Å². The number of hydrogen-bond acceptors (Lipinski definition) is 5. The van der Waals surface area contributed by atoms with Gasteiger partial charge in [0.2, 0.25) is 0 Å². The molecule has 0 aliphatic carbocycles. The zero-order valence-corrected chi connectivity index (χ0v) is 18.3. The molecule has 0 amide bonds. The lowest BCUT2D eigenvalue weighted by Crippen LogP contribution is -2.08. The van der Waals surface area contributed by atoms with Gasteiger partial charge in [0.1, 0.15) is 6.61 Å². The van der Waals surface area contributed by atoms with Gasteiger partial charge in [-0.2, -0.15) is 0 Å². The molecule has 0 aliphatic rings. The molecule has 3 aromatic rings. The van der Waals surface area contributed by atoms with Gasteiger partial charge in [-0.3, -0.25) is 4.79 Å². The molecule has 0 atom stereocenters. The number of oxime groups is 1. The van der Waals surface area contributed by atoms with Gasteiger partial charge in [0.05, 0.1) is 19.2 Å². The first-order valence-electron chi connectivity index (χ1n) is 10.5. The number of carboxylic acid groups (broad SMARTS) is 1. The molecule has 0 saturated heterocycles. The van der Waals surface area contributed by atoms with E-state index in [9.17, 15) is 4.79 Å². The monoisotopic (exact) mass is 433 g/mol. The average Bonchev–Trinajstić information content (AvgIpc) is 2.82. The van der Waals surface area contributed by atoms with E-state index in [2.05, 4.69) is 29.4 Å². The van der Waals surface area contributed by atoms with E-state index < -0.39 is 5.97 Å². The number of carbonyl (C=O) groups is 1. The minimum absolute atomic E-state index is 0.0793. The van der Waals surface area contributed by atoms with Crippen LogP contribution >= 0.6 is 0 Å². The third-order valence-corrected chi connectivity index (χ3v) is 4.85. The molecule has 0 spiro atoms. The zero-order valence-electron chi connectivity index (χ0n) is 18.3. The van der Waals surface area contributed by atoms with Crippen LogP contribution in [0.25, 0.3) is 11.1 Å². The molecule has 166 valence electrons. The van der Waals surface area contributed by atoms with Crippen molar-refractivity contribution in [2.75, 3.05) is 20.3 Å². The number of methoxy groups -OCH3 is 1. The van der Waals surface area contributed by atoms with Crippen molar-refractivity contribution in [2.45, 2.75) is 19.8 Å². The van der Waals surface area contributed by atoms with Crippen LogP contribution < -0.4 is 9.47 Å². The van der Waals surface area contributed by atoms with Crippen molar-refractivity contribution in [2.24, 2.45) is 5.16 Å². The average molecular weight is 434 g/mol. The molecule has 0 aromatic heterocycles. The Balaban J connectivity index is 1.56. The maximum Gasteiger partial charge on any atom is 0.307 e. The van der Waals surface area contributed by atoms with Gasteiger partial charge >= 0.3 is 5.97 Å². The summed E-state index contributed by atoms with van der Waals surface area (Å²) in [5.74, 6) is 0.115. The number of ether oxygens (including phenoxy) is 2. The van der Waals surface area contributed by atoms with E-state index in [4.69, 9.17) is 19.4 Å². The molecule has 0 bridgehead atoms. The fourth-order valence-corrected chi connectivity index (χ4v) is 3.24. The predicted octanol–water partition coefficient (Wildman–Crippen LogP) is 5.20. The van der Waals surface area contributed by atoms with Crippen LogP contribution in [-0.2, 0) is 16.1 Å². The van der Waals surface area contributed by atoms with Gasteiger partial charge < -0.3 is 19.4 Å². The third kappa shape index (κ3) is 6.35. The number of hydrogen-bond donors (Lipinski definition) is 1. The molecule has 1 N–H and O–H groups in total. The summed E-state index contributed by atoms with van der Waals surface area (Å²) < 4.78 is 11.0. The summed E-state index contributed by atoms with van der Waals surface area (Å²) >= 11 is 0. The van der Waals surface area contributed by atoms with Crippen molar-refractivity contribution in [1.82, 2.24) is 0 Å². The van der Waals surface area contributed by atoms with Gasteiger partial charge in [0, 0.05) is 0 Å². The minimum atomic E-state index is -0.900. The fourth-order valence-electron chi connectivity index (χ4n) is 3.24. The molecule has 0 aliphatic heterocycles. The number of benzene rings is 3. The highest BCUT2D eigenvalue weighted by atomic mass is 16.6. The lowest BCUT2D eigenvalue weighted by atomic mass is 10.0. The Morgan fingerprint density at radius 3 is 2.28 bits per heavy atom. The molecule has 0 heterocycles. The number of aliphatic carboxylic acids is 1. The predicted molar refractivity (Wildman–Crippen MR) is 124 cm³/mol. The summed E-state index contributed by atoms with van der Waals surface area (Å²) in [6, 6.07) is 23.5. The van der Waals surface area contributed by atoms with Crippen LogP contribution in [0.2, 0.25) is 0 Å². The van der Waals surface area contributed by atoms with Crippen LogP contribution in [0.3, 0.4) is 0 Å². The van der Waals surface area contributed by atoms with Crippen molar-refractivity contribution >= 4 is 11.7 Å². The molecular weight excluding hydrogens is 406 g/mol. The maximum atomic E-state index is 10.9. The second-order valence-electron chi connectivity index (χ2n) is 7.07. The minimum Gasteiger partial charge on any atom is -0.493 e. The van der Waals surface area contributed by atoms with E-state index in [0.717, 1.165) is 23.3 Å². The van der Waals surface area contributed by atoms with Crippen LogP contribution in [0.4, 0.5) is 0 Å². The first-order valence-corrected chi connectivity index (χ1v) is 10.5. The third-order valence-electron chi connectivity index (χ3n) is 4.85. The Morgan fingerprint density at radius 2 is 1.62 bits per heavy atom. The summed E-state index contributed by atoms with van der Waals surface area (Å²) in [6.07, 6.45) is 0.653. The quantitative estimate of drug-likeness (QED) is 0.256. The maximum absolute atomic E-state index is 10.9. The molecule has 0 radical (unpaired) electrons. The summed E-state index contributed by atoms with van der Waals surface area (Å²) in [7, 11) is 1.54. The summed E-state index contributed by atoms with van der Waals surface area (Å²) in [5, 5.41) is 13.2. The molecule has 6 heteroatoms. The van der Waals surface area contributed by atoms with Crippen LogP contribution in [0.1, 0.15) is 24.5 Å². The zero-order chi connectivity index (χ0) is 22.8. The Bertz CT molecular complexity index is 1050. The molecule has 6 nitrogen and oxygen atoms in total. The smallest absolute Gasteiger partial charge is 0.307 e. The van der Waals surface area contributed by atoms with Gasteiger partial charge in [0.25, 0.3) is 0 Å². The van der Waals surface area contributed by atoms with Crippen LogP contribution in [0.15, 0.2) is 78.0 Å². The van der Waals surface area contributed by atoms with E-state index in [1.165, 1.54) is 12.7 Å². The fraction of sp³-hybridized carbons (Fsp3) is 0.231. The highest BCUT2D eigenvalue weighted by molar-refractivity contribution is 6.00. The Kier molecular flexibility index (Phi) is 8.26. The second-order valence-corrected chi connectivity index (χ2v) is 7.07. The van der Waals surface area contributed by atoms with E-state index in [0.29, 0.717) is 17.1 Å². The lowest BCUT2D eigenvalue weighted by Gasteiger charge is -2.12. The highest BCUT2D eigenvalue weighted by Gasteiger charge is 2.09. The Morgan fingerprint density at radius 1 is 0.906 bits per heavy atom. The molecule has 32 heavy (non-hydrogen) atoms. The van der Waals surface area contributed by atoms with Gasteiger partial charge in [0.15, 0.2) is 18.1 Å². The first kappa shape index (κ1) is 22.9. The molecule has 3 rings (SSSR count). The molecular formula is C26H27NO5.